The van der Waals surface area contributed by atoms with Crippen LogP contribution in [0.25, 0.3) is 0 Å². The van der Waals surface area contributed by atoms with Crippen LogP contribution in [0.15, 0.2) is 0 Å². The van der Waals surface area contributed by atoms with E-state index in [4.69, 9.17) is 0 Å². The Kier molecular flexibility index (Phi) is 21.9. The number of unbranched alkanes of at least 4 members (excludes halogenated alkanes) is 17. The van der Waals surface area contributed by atoms with Gasteiger partial charge in [0.1, 0.15) is 17.3 Å². The summed E-state index contributed by atoms with van der Waals surface area (Å²) in [6, 6.07) is 0. The molecule has 0 aliphatic carbocycles. The zero-order valence-electron chi connectivity index (χ0n) is 22.4. The summed E-state index contributed by atoms with van der Waals surface area (Å²) < 4.78 is 59.2. The molecule has 0 aliphatic rings. The summed E-state index contributed by atoms with van der Waals surface area (Å²) in [5.41, 5.74) is 0. The van der Waals surface area contributed by atoms with Gasteiger partial charge in [0.25, 0.3) is 0 Å². The third kappa shape index (κ3) is 45.8. The van der Waals surface area contributed by atoms with Gasteiger partial charge in [-0.2, -0.15) is 0 Å². The first-order chi connectivity index (χ1) is 15.8. The van der Waals surface area contributed by atoms with Gasteiger partial charge in [0, 0.05) is 0 Å². The van der Waals surface area contributed by atoms with Crippen molar-refractivity contribution in [1.29, 1.82) is 0 Å². The van der Waals surface area contributed by atoms with Gasteiger partial charge in [-0.05, 0) is 49.4 Å². The number of rotatable bonds is 23. The van der Waals surface area contributed by atoms with Crippen LogP contribution in [0.1, 0.15) is 149 Å². The van der Waals surface area contributed by atoms with Crippen LogP contribution < -0.4 is 0 Å². The molecule has 0 aromatic carbocycles. The van der Waals surface area contributed by atoms with Crippen LogP contribution in [0.2, 0.25) is 0 Å². The van der Waals surface area contributed by atoms with Gasteiger partial charge < -0.3 is 0 Å². The van der Waals surface area contributed by atoms with Gasteiger partial charge >= 0.3 is 33.0 Å². The third-order valence-electron chi connectivity index (χ3n) is 5.86. The first-order valence-electron chi connectivity index (χ1n) is 14.0. The van der Waals surface area contributed by atoms with Crippen LogP contribution in [0.4, 0.5) is 25.2 Å². The van der Waals surface area contributed by atoms with E-state index in [0.29, 0.717) is 0 Å². The fraction of sp³-hybridized carbons (Fsp3) is 1.00. The standard InChI is InChI=1S/C26H55S.F6P/c1-4-7-10-13-16-17-20-23-26-27(24-21-18-14-11-8-5-2)25-22-19-15-12-9-6-3;1-7(2,3,4,5)6/h4-26H2,1-3H3;/q+1;-1. The monoisotopic (exact) mass is 544 g/mol. The van der Waals surface area contributed by atoms with E-state index in [-0.39, 0.29) is 0 Å². The molecule has 0 amide bonds. The number of halogens is 6. The van der Waals surface area contributed by atoms with Gasteiger partial charge in [0.05, 0.1) is 0 Å². The molecule has 34 heavy (non-hydrogen) atoms. The van der Waals surface area contributed by atoms with Gasteiger partial charge in [0.2, 0.25) is 0 Å². The Labute approximate surface area is 210 Å². The van der Waals surface area contributed by atoms with Crippen LogP contribution in [0.3, 0.4) is 0 Å². The third-order valence-corrected chi connectivity index (χ3v) is 8.46. The zero-order chi connectivity index (χ0) is 26.2. The summed E-state index contributed by atoms with van der Waals surface area (Å²) in [6.45, 7) is 6.96. The average Bonchev–Trinajstić information content (AvgIpc) is 2.72. The molecule has 0 bridgehead atoms. The average molecular weight is 545 g/mol. The molecule has 212 valence electrons. The molecule has 0 N–H and O–H groups in total. The summed E-state index contributed by atoms with van der Waals surface area (Å²) in [7, 11) is -9.91. The van der Waals surface area contributed by atoms with Crippen LogP contribution in [-0.4, -0.2) is 17.3 Å². The Bertz CT molecular complexity index is 400. The van der Waals surface area contributed by atoms with E-state index in [1.165, 1.54) is 128 Å². The maximum atomic E-state index is 9.87. The SMILES string of the molecule is CCCCCCCCCC[S+](CCCCCCCC)CCCCCCCC.F[P-](F)(F)(F)(F)F. The molecule has 0 saturated heterocycles. The molecular formula is C26H55F6PS. The van der Waals surface area contributed by atoms with Crippen molar-refractivity contribution in [3.8, 4) is 0 Å². The van der Waals surface area contributed by atoms with Crippen molar-refractivity contribution in [3.05, 3.63) is 0 Å². The molecule has 0 nitrogen and oxygen atoms in total. The molecule has 0 spiro atoms. The van der Waals surface area contributed by atoms with Crippen molar-refractivity contribution in [1.82, 2.24) is 0 Å². The predicted molar refractivity (Wildman–Crippen MR) is 145 cm³/mol. The Morgan fingerprint density at radius 1 is 0.353 bits per heavy atom. The minimum absolute atomic E-state index is 0.751. The summed E-state index contributed by atoms with van der Waals surface area (Å²) in [6.07, 6.45) is 29.4. The van der Waals surface area contributed by atoms with Crippen LogP contribution in [0, 0.1) is 0 Å². The van der Waals surface area contributed by atoms with Gasteiger partial charge in [0.15, 0.2) is 0 Å². The summed E-state index contributed by atoms with van der Waals surface area (Å²) >= 11 is 0. The Morgan fingerprint density at radius 2 is 0.529 bits per heavy atom. The zero-order valence-corrected chi connectivity index (χ0v) is 24.1. The topological polar surface area (TPSA) is 0 Å². The molecule has 0 aromatic heterocycles. The van der Waals surface area contributed by atoms with Crippen molar-refractivity contribution in [2.75, 3.05) is 17.3 Å². The molecule has 0 aromatic rings. The molecule has 0 unspecified atom stereocenters. The molecule has 0 heterocycles. The Hall–Kier alpha value is 0.360. The van der Waals surface area contributed by atoms with Gasteiger partial charge in [-0.3, -0.25) is 0 Å². The maximum absolute atomic E-state index is 10.7. The van der Waals surface area contributed by atoms with Gasteiger partial charge in [-0.1, -0.05) is 111 Å². The van der Waals surface area contributed by atoms with Crippen LogP contribution >= 0.6 is 7.81 Å². The predicted octanol–water partition coefficient (Wildman–Crippen LogP) is 12.8. The minimum atomic E-state index is -10.7. The fourth-order valence-electron chi connectivity index (χ4n) is 3.92. The molecule has 0 atom stereocenters. The normalized spacial score (nSPS) is 13.9. The van der Waals surface area contributed by atoms with E-state index >= 15 is 0 Å². The van der Waals surface area contributed by atoms with Crippen LogP contribution in [-0.2, 0) is 10.9 Å². The van der Waals surface area contributed by atoms with E-state index in [0.717, 1.165) is 10.9 Å². The Balaban J connectivity index is 0. The van der Waals surface area contributed by atoms with E-state index < -0.39 is 7.81 Å². The first kappa shape index (κ1) is 36.5. The van der Waals surface area contributed by atoms with E-state index in [1.54, 1.807) is 17.3 Å². The van der Waals surface area contributed by atoms with E-state index in [2.05, 4.69) is 20.8 Å². The molecule has 0 saturated carbocycles. The summed E-state index contributed by atoms with van der Waals surface area (Å²) in [5, 5.41) is 0. The van der Waals surface area contributed by atoms with Gasteiger partial charge in [-0.25, -0.2) is 0 Å². The van der Waals surface area contributed by atoms with E-state index in [1.807, 2.05) is 0 Å². The second-order valence-corrected chi connectivity index (χ2v) is 14.1. The summed E-state index contributed by atoms with van der Waals surface area (Å²) in [4.78, 5) is 0. The second kappa shape index (κ2) is 20.4. The fourth-order valence-corrected chi connectivity index (χ4v) is 6.37. The first-order valence-corrected chi connectivity index (χ1v) is 17.8. The van der Waals surface area contributed by atoms with Gasteiger partial charge in [-0.15, -0.1) is 0 Å². The number of hydrogen-bond donors (Lipinski definition) is 0. The van der Waals surface area contributed by atoms with Crippen molar-refractivity contribution >= 4 is 18.7 Å². The van der Waals surface area contributed by atoms with Crippen molar-refractivity contribution < 1.29 is 25.2 Å². The second-order valence-electron chi connectivity index (χ2n) is 9.69. The van der Waals surface area contributed by atoms with Crippen molar-refractivity contribution in [2.45, 2.75) is 149 Å². The summed E-state index contributed by atoms with van der Waals surface area (Å²) in [5.74, 6) is 4.66. The molecule has 0 rings (SSSR count). The molecule has 0 aliphatic heterocycles. The molecule has 0 radical (unpaired) electrons. The van der Waals surface area contributed by atoms with Crippen molar-refractivity contribution in [2.24, 2.45) is 0 Å². The molecule has 0 fully saturated rings. The molecular weight excluding hydrogens is 489 g/mol. The van der Waals surface area contributed by atoms with E-state index in [9.17, 15) is 25.2 Å². The Morgan fingerprint density at radius 3 is 0.735 bits per heavy atom. The molecule has 8 heteroatoms. The number of hydrogen-bond acceptors (Lipinski definition) is 0. The van der Waals surface area contributed by atoms with Crippen molar-refractivity contribution in [3.63, 3.8) is 0 Å². The van der Waals surface area contributed by atoms with Crippen LogP contribution in [0.5, 0.6) is 0 Å². The quantitative estimate of drug-likeness (QED) is 0.0519.